The maximum atomic E-state index is 11.8. The van der Waals surface area contributed by atoms with Crippen LogP contribution in [0.5, 0.6) is 0 Å². The molecule has 2 aromatic heterocycles. The van der Waals surface area contributed by atoms with Gasteiger partial charge in [0.05, 0.1) is 16.7 Å². The molecule has 1 aromatic carbocycles. The Morgan fingerprint density at radius 3 is 2.94 bits per heavy atom. The van der Waals surface area contributed by atoms with E-state index in [9.17, 15) is 4.79 Å². The molecule has 0 amide bonds. The highest BCUT2D eigenvalue weighted by Crippen LogP contribution is 2.18. The van der Waals surface area contributed by atoms with Gasteiger partial charge in [-0.05, 0) is 19.1 Å². The predicted molar refractivity (Wildman–Crippen MR) is 65.9 cm³/mol. The fourth-order valence-electron chi connectivity index (χ4n) is 1.95. The van der Waals surface area contributed by atoms with E-state index in [1.807, 2.05) is 37.3 Å². The van der Waals surface area contributed by atoms with Gasteiger partial charge in [0, 0.05) is 11.4 Å². The van der Waals surface area contributed by atoms with Gasteiger partial charge in [-0.2, -0.15) is 9.61 Å². The second-order valence-electron chi connectivity index (χ2n) is 4.13. The van der Waals surface area contributed by atoms with Crippen LogP contribution in [0.2, 0.25) is 0 Å². The van der Waals surface area contributed by atoms with Crippen LogP contribution >= 0.6 is 0 Å². The van der Waals surface area contributed by atoms with Crippen molar-refractivity contribution in [3.63, 3.8) is 0 Å². The van der Waals surface area contributed by atoms with Gasteiger partial charge in [0.15, 0.2) is 0 Å². The summed E-state index contributed by atoms with van der Waals surface area (Å²) in [5.74, 6) is 0. The van der Waals surface area contributed by atoms with Gasteiger partial charge in [0.25, 0.3) is 0 Å². The first-order valence-electron chi connectivity index (χ1n) is 5.43. The van der Waals surface area contributed by atoms with Gasteiger partial charge in [0.1, 0.15) is 0 Å². The topological polar surface area (TPSA) is 76.2 Å². The monoisotopic (exact) mass is 228 g/mol. The molecule has 17 heavy (non-hydrogen) atoms. The highest BCUT2D eigenvalue weighted by molar-refractivity contribution is 5.93. The largest absolute Gasteiger partial charge is 0.347 e. The van der Waals surface area contributed by atoms with E-state index in [4.69, 9.17) is 5.73 Å². The van der Waals surface area contributed by atoms with E-state index < -0.39 is 0 Å². The molecule has 1 unspecified atom stereocenters. The molecule has 5 heteroatoms. The smallest absolute Gasteiger partial charge is 0.323 e. The van der Waals surface area contributed by atoms with Crippen LogP contribution in [0.15, 0.2) is 35.1 Å². The lowest BCUT2D eigenvalue weighted by Gasteiger charge is -1.98. The zero-order valence-corrected chi connectivity index (χ0v) is 9.34. The van der Waals surface area contributed by atoms with Crippen molar-refractivity contribution in [1.82, 2.24) is 14.6 Å². The maximum Gasteiger partial charge on any atom is 0.347 e. The number of para-hydroxylation sites is 1. The Balaban J connectivity index is 2.51. The zero-order valence-electron chi connectivity index (χ0n) is 9.34. The average Bonchev–Trinajstić information content (AvgIpc) is 2.75. The van der Waals surface area contributed by atoms with Crippen LogP contribution in [0, 0.1) is 0 Å². The third-order valence-corrected chi connectivity index (χ3v) is 2.83. The third-order valence-electron chi connectivity index (χ3n) is 2.83. The highest BCUT2D eigenvalue weighted by Gasteiger charge is 2.10. The van der Waals surface area contributed by atoms with Gasteiger partial charge < -0.3 is 10.7 Å². The van der Waals surface area contributed by atoms with Crippen molar-refractivity contribution in [2.75, 3.05) is 0 Å². The van der Waals surface area contributed by atoms with Gasteiger partial charge in [-0.3, -0.25) is 0 Å². The van der Waals surface area contributed by atoms with E-state index in [2.05, 4.69) is 10.1 Å². The molecule has 0 radical (unpaired) electrons. The number of nitrogens with one attached hydrogen (secondary N) is 1. The highest BCUT2D eigenvalue weighted by atomic mass is 16.1. The molecule has 0 aliphatic heterocycles. The quantitative estimate of drug-likeness (QED) is 0.657. The number of H-pyrrole nitrogens is 1. The number of nitrogens with two attached hydrogens (primary N) is 1. The molecule has 86 valence electrons. The number of hydrogen-bond donors (Lipinski definition) is 2. The minimum absolute atomic E-state index is 0.187. The van der Waals surface area contributed by atoms with Crippen molar-refractivity contribution >= 4 is 16.4 Å². The van der Waals surface area contributed by atoms with Crippen LogP contribution in [0.4, 0.5) is 0 Å². The number of aromatic amines is 1. The number of nitrogens with zero attached hydrogens (tertiary/aromatic N) is 2. The molecule has 0 saturated carbocycles. The second-order valence-corrected chi connectivity index (χ2v) is 4.13. The lowest BCUT2D eigenvalue weighted by molar-refractivity contribution is 0.744. The fraction of sp³-hybridized carbons (Fsp3) is 0.167. The number of fused-ring (bicyclic) bond motifs is 3. The van der Waals surface area contributed by atoms with Crippen LogP contribution in [-0.2, 0) is 0 Å². The Bertz CT molecular complexity index is 754. The Kier molecular flexibility index (Phi) is 2.02. The van der Waals surface area contributed by atoms with Crippen LogP contribution in [0.3, 0.4) is 0 Å². The van der Waals surface area contributed by atoms with E-state index in [1.54, 1.807) is 0 Å². The summed E-state index contributed by atoms with van der Waals surface area (Å²) < 4.78 is 1.36. The Morgan fingerprint density at radius 1 is 1.41 bits per heavy atom. The normalized spacial score (nSPS) is 13.3. The summed E-state index contributed by atoms with van der Waals surface area (Å²) >= 11 is 0. The minimum atomic E-state index is -0.245. The Labute approximate surface area is 96.9 Å². The molecule has 0 spiro atoms. The maximum absolute atomic E-state index is 11.8. The van der Waals surface area contributed by atoms with Crippen molar-refractivity contribution in [1.29, 1.82) is 0 Å². The number of hydrogen-bond acceptors (Lipinski definition) is 3. The molecular weight excluding hydrogens is 216 g/mol. The lowest BCUT2D eigenvalue weighted by Crippen LogP contribution is -2.18. The molecule has 0 aliphatic rings. The molecular formula is C12H12N4O. The number of aromatic nitrogens is 3. The molecule has 0 bridgehead atoms. The minimum Gasteiger partial charge on any atom is -0.323 e. The third kappa shape index (κ3) is 1.43. The van der Waals surface area contributed by atoms with E-state index in [0.717, 1.165) is 16.4 Å². The molecule has 0 saturated heterocycles. The first kappa shape index (κ1) is 10.0. The predicted octanol–water partition coefficient (Wildman–Crippen LogP) is 1.20. The van der Waals surface area contributed by atoms with Gasteiger partial charge in [-0.25, -0.2) is 4.79 Å². The van der Waals surface area contributed by atoms with Gasteiger partial charge in [-0.1, -0.05) is 18.2 Å². The number of benzene rings is 1. The van der Waals surface area contributed by atoms with Crippen molar-refractivity contribution in [2.45, 2.75) is 13.0 Å². The SMILES string of the molecule is CC(N)c1cc2c3ccccc3[nH]c(=O)n2n1. The van der Waals surface area contributed by atoms with Gasteiger partial charge in [-0.15, -0.1) is 0 Å². The van der Waals surface area contributed by atoms with Crippen LogP contribution in [0.25, 0.3) is 16.4 Å². The van der Waals surface area contributed by atoms with Crippen LogP contribution in [0.1, 0.15) is 18.7 Å². The first-order valence-corrected chi connectivity index (χ1v) is 5.43. The molecule has 2 heterocycles. The van der Waals surface area contributed by atoms with Crippen molar-refractivity contribution < 1.29 is 0 Å². The standard InChI is InChI=1S/C12H12N4O/c1-7(13)10-6-11-8-4-2-3-5-9(8)14-12(17)16(11)15-10/h2-7H,13H2,1H3,(H,14,17). The first-order chi connectivity index (χ1) is 8.16. The lowest BCUT2D eigenvalue weighted by atomic mass is 10.2. The average molecular weight is 228 g/mol. The van der Waals surface area contributed by atoms with Crippen LogP contribution < -0.4 is 11.4 Å². The summed E-state index contributed by atoms with van der Waals surface area (Å²) in [5, 5.41) is 5.17. The van der Waals surface area contributed by atoms with Crippen LogP contribution in [-0.4, -0.2) is 14.6 Å². The molecule has 0 aliphatic carbocycles. The Morgan fingerprint density at radius 2 is 2.18 bits per heavy atom. The van der Waals surface area contributed by atoms with Crippen molar-refractivity contribution in [3.05, 3.63) is 46.5 Å². The van der Waals surface area contributed by atoms with Crippen molar-refractivity contribution in [2.24, 2.45) is 5.73 Å². The summed E-state index contributed by atoms with van der Waals surface area (Å²) in [6, 6.07) is 9.31. The fourth-order valence-corrected chi connectivity index (χ4v) is 1.95. The second kappa shape index (κ2) is 3.43. The molecule has 3 aromatic rings. The number of rotatable bonds is 1. The van der Waals surface area contributed by atoms with E-state index in [-0.39, 0.29) is 11.7 Å². The molecule has 3 rings (SSSR count). The molecule has 1 atom stereocenters. The Hall–Kier alpha value is -2.14. The summed E-state index contributed by atoms with van der Waals surface area (Å²) in [6.07, 6.45) is 0. The van der Waals surface area contributed by atoms with E-state index in [1.165, 1.54) is 4.52 Å². The summed E-state index contributed by atoms with van der Waals surface area (Å²) in [4.78, 5) is 14.6. The molecule has 3 N–H and O–H groups in total. The molecule has 5 nitrogen and oxygen atoms in total. The summed E-state index contributed by atoms with van der Waals surface area (Å²) in [5.41, 5.74) is 7.85. The van der Waals surface area contributed by atoms with Crippen molar-refractivity contribution in [3.8, 4) is 0 Å². The van der Waals surface area contributed by atoms with Gasteiger partial charge in [0.2, 0.25) is 0 Å². The summed E-state index contributed by atoms with van der Waals surface area (Å²) in [6.45, 7) is 1.85. The van der Waals surface area contributed by atoms with E-state index in [0.29, 0.717) is 5.69 Å². The van der Waals surface area contributed by atoms with Gasteiger partial charge >= 0.3 is 5.69 Å². The van der Waals surface area contributed by atoms with E-state index >= 15 is 0 Å². The zero-order chi connectivity index (χ0) is 12.0. The summed E-state index contributed by atoms with van der Waals surface area (Å²) in [7, 11) is 0. The molecule has 0 fully saturated rings.